The van der Waals surface area contributed by atoms with E-state index in [0.29, 0.717) is 6.42 Å². The summed E-state index contributed by atoms with van der Waals surface area (Å²) in [4.78, 5) is 8.56. The average Bonchev–Trinajstić information content (AvgIpc) is 3.17. The molecule has 214 valence electrons. The fourth-order valence-electron chi connectivity index (χ4n) is 4.26. The van der Waals surface area contributed by atoms with E-state index in [-0.39, 0.29) is 34.8 Å². The molecule has 0 amide bonds. The van der Waals surface area contributed by atoms with E-state index in [1.165, 1.54) is 24.3 Å². The molecule has 12 heteroatoms. The van der Waals surface area contributed by atoms with Crippen molar-refractivity contribution in [2.45, 2.75) is 49.6 Å². The zero-order chi connectivity index (χ0) is 29.7. The Morgan fingerprint density at radius 2 is 1.75 bits per heavy atom. The van der Waals surface area contributed by atoms with Gasteiger partial charge in [-0.15, -0.1) is 0 Å². The third-order valence-corrected chi connectivity index (χ3v) is 7.90. The molecule has 1 aromatic carbocycles. The Morgan fingerprint density at radius 3 is 2.27 bits per heavy atom. The Bertz CT molecular complexity index is 1710. The van der Waals surface area contributed by atoms with Crippen LogP contribution < -0.4 is 5.73 Å². The van der Waals surface area contributed by atoms with E-state index in [1.54, 1.807) is 30.6 Å². The maximum atomic E-state index is 14.3. The smallest absolute Gasteiger partial charge is 0.294 e. The summed E-state index contributed by atoms with van der Waals surface area (Å²) in [6.07, 6.45) is 6.32. The number of halogens is 1. The summed E-state index contributed by atoms with van der Waals surface area (Å²) in [6.45, 7) is 6.20. The highest BCUT2D eigenvalue weighted by atomic mass is 32.2. The summed E-state index contributed by atoms with van der Waals surface area (Å²) in [5, 5.41) is 0.0416. The average molecular weight is 589 g/mol. The second-order valence-electron chi connectivity index (χ2n) is 9.60. The lowest BCUT2D eigenvalue weighted by molar-refractivity contribution is 0.483. The fraction of sp³-hybridized carbons (Fsp3) is 0.286. The molecular formula is C28H33FN4O5S2. The first-order valence-electron chi connectivity index (χ1n) is 12.4. The van der Waals surface area contributed by atoms with Gasteiger partial charge in [-0.2, -0.15) is 8.42 Å². The van der Waals surface area contributed by atoms with Crippen LogP contribution >= 0.6 is 0 Å². The van der Waals surface area contributed by atoms with Crippen molar-refractivity contribution in [1.29, 1.82) is 0 Å². The summed E-state index contributed by atoms with van der Waals surface area (Å²) >= 11 is 0. The van der Waals surface area contributed by atoms with Gasteiger partial charge in [0.2, 0.25) is 0 Å². The first kappa shape index (κ1) is 31.1. The van der Waals surface area contributed by atoms with E-state index in [9.17, 15) is 21.2 Å². The Morgan fingerprint density at radius 1 is 1.07 bits per heavy atom. The molecule has 0 aliphatic rings. The van der Waals surface area contributed by atoms with Gasteiger partial charge in [0.15, 0.2) is 14.9 Å². The summed E-state index contributed by atoms with van der Waals surface area (Å²) in [7, 11) is -7.37. The van der Waals surface area contributed by atoms with Gasteiger partial charge < -0.3 is 10.3 Å². The molecule has 0 saturated heterocycles. The van der Waals surface area contributed by atoms with Crippen molar-refractivity contribution in [2.75, 3.05) is 12.8 Å². The van der Waals surface area contributed by atoms with Crippen molar-refractivity contribution in [3.05, 3.63) is 95.2 Å². The number of nitrogens with zero attached hydrogens (tertiary/aromatic N) is 3. The van der Waals surface area contributed by atoms with Crippen molar-refractivity contribution in [3.8, 4) is 0 Å². The second-order valence-corrected chi connectivity index (χ2v) is 13.0. The van der Waals surface area contributed by atoms with Crippen LogP contribution in [-0.4, -0.2) is 48.7 Å². The van der Waals surface area contributed by atoms with E-state index in [0.717, 1.165) is 39.7 Å². The lowest BCUT2D eigenvalue weighted by Crippen LogP contribution is -2.08. The highest BCUT2D eigenvalue weighted by molar-refractivity contribution is 7.90. The maximum Gasteiger partial charge on any atom is 0.294 e. The molecule has 3 aromatic heterocycles. The number of hydrogen-bond acceptors (Lipinski definition) is 7. The van der Waals surface area contributed by atoms with Gasteiger partial charge in [-0.3, -0.25) is 9.54 Å². The molecule has 0 radical (unpaired) electrons. The first-order chi connectivity index (χ1) is 18.7. The Labute approximate surface area is 234 Å². The molecule has 3 heterocycles. The van der Waals surface area contributed by atoms with E-state index in [2.05, 4.69) is 23.8 Å². The summed E-state index contributed by atoms with van der Waals surface area (Å²) in [5.41, 5.74) is 10.9. The van der Waals surface area contributed by atoms with Crippen molar-refractivity contribution in [3.63, 3.8) is 0 Å². The number of pyridine rings is 2. The van der Waals surface area contributed by atoms with Crippen LogP contribution in [0.15, 0.2) is 82.7 Å². The molecule has 0 atom stereocenters. The minimum atomic E-state index is -4.02. The third kappa shape index (κ3) is 7.81. The van der Waals surface area contributed by atoms with Crippen molar-refractivity contribution < 1.29 is 25.8 Å². The van der Waals surface area contributed by atoms with Gasteiger partial charge in [-0.05, 0) is 54.8 Å². The monoisotopic (exact) mass is 588 g/mol. The predicted octanol–water partition coefficient (Wildman–Crippen LogP) is 4.60. The van der Waals surface area contributed by atoms with Crippen LogP contribution in [0.4, 0.5) is 4.39 Å². The van der Waals surface area contributed by atoms with Gasteiger partial charge in [0.05, 0.1) is 22.5 Å². The number of fused-ring (bicyclic) bond motifs is 1. The molecule has 0 bridgehead atoms. The number of benzene rings is 1. The minimum Gasteiger partial charge on any atom is -0.336 e. The molecule has 4 rings (SSSR count). The molecule has 0 saturated carbocycles. The van der Waals surface area contributed by atoms with E-state index in [4.69, 9.17) is 10.3 Å². The number of hydrogen-bond donors (Lipinski definition) is 2. The molecule has 0 aliphatic heterocycles. The van der Waals surface area contributed by atoms with Crippen molar-refractivity contribution in [2.24, 2.45) is 5.73 Å². The molecule has 0 aliphatic carbocycles. The number of aromatic nitrogens is 3. The standard InChI is InChI=1S/C21H25FN4O2S.C7H8O3S/c1-14(2)21-17(11-15-6-7-19(25-12-15)29(3,27)28)20-18(5-4-10-24-20)26(21)13-16(22)8-9-23;1-6-2-4-7(5-3-6)11(8,9)10/h4-8,10,12,14H,9,11,13,23H2,1-3H3;2-5H,1H3,(H,8,9,10)/b16-8-;. The predicted molar refractivity (Wildman–Crippen MR) is 153 cm³/mol. The van der Waals surface area contributed by atoms with Crippen LogP contribution in [0, 0.1) is 6.92 Å². The van der Waals surface area contributed by atoms with Gasteiger partial charge in [-0.25, -0.2) is 17.8 Å². The molecule has 9 nitrogen and oxygen atoms in total. The van der Waals surface area contributed by atoms with Gasteiger partial charge in [0.25, 0.3) is 10.1 Å². The zero-order valence-electron chi connectivity index (χ0n) is 22.7. The Balaban J connectivity index is 0.000000336. The van der Waals surface area contributed by atoms with Crippen LogP contribution in [0.3, 0.4) is 0 Å². The molecule has 0 unspecified atom stereocenters. The third-order valence-electron chi connectivity index (χ3n) is 6.04. The van der Waals surface area contributed by atoms with Crippen LogP contribution in [0.1, 0.15) is 42.1 Å². The molecule has 0 spiro atoms. The van der Waals surface area contributed by atoms with Crippen LogP contribution in [0.5, 0.6) is 0 Å². The number of sulfone groups is 1. The van der Waals surface area contributed by atoms with Gasteiger partial charge in [-0.1, -0.05) is 37.6 Å². The normalized spacial score (nSPS) is 12.4. The Kier molecular flexibility index (Phi) is 9.96. The highest BCUT2D eigenvalue weighted by Crippen LogP contribution is 2.32. The summed E-state index contributed by atoms with van der Waals surface area (Å²) in [5.74, 6) is -0.158. The number of nitrogens with two attached hydrogens (primary N) is 1. The maximum absolute atomic E-state index is 14.3. The zero-order valence-corrected chi connectivity index (χ0v) is 24.4. The lowest BCUT2D eigenvalue weighted by Gasteiger charge is -2.15. The van der Waals surface area contributed by atoms with E-state index < -0.39 is 20.0 Å². The number of aryl methyl sites for hydroxylation is 1. The molecule has 3 N–H and O–H groups in total. The highest BCUT2D eigenvalue weighted by Gasteiger charge is 2.21. The number of allylic oxidation sites excluding steroid dienone is 1. The molecular weight excluding hydrogens is 555 g/mol. The van der Waals surface area contributed by atoms with E-state index in [1.807, 2.05) is 23.6 Å². The van der Waals surface area contributed by atoms with Crippen LogP contribution in [0.2, 0.25) is 0 Å². The Hall–Kier alpha value is -3.45. The SMILES string of the molecule is CC(C)c1c(Cc2ccc(S(C)(=O)=O)nc2)c2ncccc2n1C/C(F)=C/CN.Cc1ccc(S(=O)(=O)O)cc1. The molecule has 0 fully saturated rings. The summed E-state index contributed by atoms with van der Waals surface area (Å²) in [6, 6.07) is 13.0. The number of rotatable bonds is 8. The van der Waals surface area contributed by atoms with Gasteiger partial charge in [0, 0.05) is 42.9 Å². The van der Waals surface area contributed by atoms with Gasteiger partial charge >= 0.3 is 0 Å². The lowest BCUT2D eigenvalue weighted by atomic mass is 9.99. The molecule has 40 heavy (non-hydrogen) atoms. The quantitative estimate of drug-likeness (QED) is 0.284. The summed E-state index contributed by atoms with van der Waals surface area (Å²) < 4.78 is 69.1. The van der Waals surface area contributed by atoms with Crippen LogP contribution in [0.25, 0.3) is 11.0 Å². The first-order valence-corrected chi connectivity index (χ1v) is 15.7. The largest absolute Gasteiger partial charge is 0.336 e. The topological polar surface area (TPSA) is 145 Å². The van der Waals surface area contributed by atoms with Crippen molar-refractivity contribution >= 4 is 31.0 Å². The minimum absolute atomic E-state index is 0.0416. The van der Waals surface area contributed by atoms with Crippen molar-refractivity contribution in [1.82, 2.24) is 14.5 Å². The van der Waals surface area contributed by atoms with Gasteiger partial charge in [0.1, 0.15) is 5.83 Å². The fourth-order valence-corrected chi connectivity index (χ4v) is 5.30. The van der Waals surface area contributed by atoms with E-state index >= 15 is 0 Å². The molecule has 4 aromatic rings. The van der Waals surface area contributed by atoms with Crippen LogP contribution in [-0.2, 0) is 32.9 Å². The second kappa shape index (κ2) is 12.8.